The van der Waals surface area contributed by atoms with Gasteiger partial charge >= 0.3 is 0 Å². The van der Waals surface area contributed by atoms with Crippen LogP contribution in [-0.2, 0) is 4.84 Å². The minimum absolute atomic E-state index is 0.0742. The zero-order valence-electron chi connectivity index (χ0n) is 9.50. The molecule has 96 valence electrons. The van der Waals surface area contributed by atoms with Crippen molar-refractivity contribution >= 4 is 17.4 Å². The highest BCUT2D eigenvalue weighted by Gasteiger charge is 2.34. The summed E-state index contributed by atoms with van der Waals surface area (Å²) in [5, 5.41) is 3.99. The fraction of sp³-hybridized carbons (Fsp3) is 0.417. The second-order valence-corrected chi connectivity index (χ2v) is 4.91. The number of amidine groups is 1. The number of halogens is 3. The molecule has 1 unspecified atom stereocenters. The molecule has 1 aromatic carbocycles. The number of hydrogen-bond acceptors (Lipinski definition) is 3. The van der Waals surface area contributed by atoms with Gasteiger partial charge in [0.25, 0.3) is 0 Å². The first kappa shape index (κ1) is 11.7. The van der Waals surface area contributed by atoms with Gasteiger partial charge in [0.1, 0.15) is 24.1 Å². The van der Waals surface area contributed by atoms with Gasteiger partial charge in [-0.25, -0.2) is 8.78 Å². The molecular formula is C12H11ClF2N2O. The van der Waals surface area contributed by atoms with E-state index in [0.717, 1.165) is 18.0 Å². The van der Waals surface area contributed by atoms with Gasteiger partial charge in [-0.1, -0.05) is 16.8 Å². The third kappa shape index (κ3) is 1.92. The molecule has 0 amide bonds. The second-order valence-electron chi connectivity index (χ2n) is 4.47. The van der Waals surface area contributed by atoms with Crippen LogP contribution in [0.4, 0.5) is 8.78 Å². The van der Waals surface area contributed by atoms with Crippen LogP contribution in [0.25, 0.3) is 0 Å². The predicted molar refractivity (Wildman–Crippen MR) is 63.7 cm³/mol. The van der Waals surface area contributed by atoms with E-state index in [1.54, 1.807) is 0 Å². The monoisotopic (exact) mass is 272 g/mol. The van der Waals surface area contributed by atoms with Crippen LogP contribution in [-0.4, -0.2) is 30.4 Å². The van der Waals surface area contributed by atoms with E-state index in [9.17, 15) is 8.78 Å². The van der Waals surface area contributed by atoms with Crippen molar-refractivity contribution < 1.29 is 13.6 Å². The summed E-state index contributed by atoms with van der Waals surface area (Å²) < 4.78 is 27.7. The van der Waals surface area contributed by atoms with Crippen molar-refractivity contribution in [2.45, 2.75) is 12.3 Å². The summed E-state index contributed by atoms with van der Waals surface area (Å²) in [7, 11) is 0. The maximum Gasteiger partial charge on any atom is 0.145 e. The average molecular weight is 273 g/mol. The van der Waals surface area contributed by atoms with E-state index < -0.39 is 11.6 Å². The minimum atomic E-state index is -0.591. The Labute approximate surface area is 108 Å². The Kier molecular flexibility index (Phi) is 2.86. The largest absolute Gasteiger partial charge is 0.392 e. The second kappa shape index (κ2) is 4.39. The molecule has 0 bridgehead atoms. The summed E-state index contributed by atoms with van der Waals surface area (Å²) in [5.41, 5.74) is 0.0940. The van der Waals surface area contributed by atoms with Crippen molar-refractivity contribution in [2.75, 3.05) is 19.7 Å². The summed E-state index contributed by atoms with van der Waals surface area (Å²) in [5.74, 6) is -0.652. The lowest BCUT2D eigenvalue weighted by molar-refractivity contribution is 0.106. The molecule has 2 heterocycles. The molecule has 18 heavy (non-hydrogen) atoms. The first-order valence-electron chi connectivity index (χ1n) is 5.73. The molecular weight excluding hydrogens is 262 g/mol. The van der Waals surface area contributed by atoms with Crippen molar-refractivity contribution in [2.24, 2.45) is 5.16 Å². The minimum Gasteiger partial charge on any atom is -0.392 e. The molecule has 6 heteroatoms. The van der Waals surface area contributed by atoms with Crippen molar-refractivity contribution in [3.05, 3.63) is 34.4 Å². The SMILES string of the molecule is Fc1cc(Cl)cc(F)c1C1CC2=NOCCN2C1. The van der Waals surface area contributed by atoms with Crippen LogP contribution in [0.15, 0.2) is 17.3 Å². The molecule has 2 aliphatic heterocycles. The number of hydrogen-bond donors (Lipinski definition) is 0. The molecule has 1 fully saturated rings. The first-order valence-corrected chi connectivity index (χ1v) is 6.11. The van der Waals surface area contributed by atoms with Crippen LogP contribution in [0.1, 0.15) is 17.9 Å². The van der Waals surface area contributed by atoms with E-state index in [4.69, 9.17) is 16.4 Å². The molecule has 0 saturated carbocycles. The smallest absolute Gasteiger partial charge is 0.145 e. The molecule has 3 nitrogen and oxygen atoms in total. The van der Waals surface area contributed by atoms with Crippen LogP contribution < -0.4 is 0 Å². The van der Waals surface area contributed by atoms with E-state index in [-0.39, 0.29) is 16.5 Å². The van der Waals surface area contributed by atoms with E-state index in [1.165, 1.54) is 0 Å². The third-order valence-electron chi connectivity index (χ3n) is 3.31. The summed E-state index contributed by atoms with van der Waals surface area (Å²) >= 11 is 5.62. The molecule has 0 spiro atoms. The first-order chi connectivity index (χ1) is 8.65. The number of rotatable bonds is 1. The molecule has 1 aromatic rings. The Hall–Kier alpha value is -1.36. The van der Waals surface area contributed by atoms with E-state index in [1.807, 2.05) is 4.90 Å². The van der Waals surface area contributed by atoms with Crippen molar-refractivity contribution in [3.63, 3.8) is 0 Å². The summed E-state index contributed by atoms with van der Waals surface area (Å²) in [6.45, 7) is 1.80. The topological polar surface area (TPSA) is 24.8 Å². The molecule has 3 rings (SSSR count). The summed E-state index contributed by atoms with van der Waals surface area (Å²) in [4.78, 5) is 6.99. The molecule has 1 atom stereocenters. The van der Waals surface area contributed by atoms with Crippen molar-refractivity contribution in [1.82, 2.24) is 4.90 Å². The normalized spacial score (nSPS) is 22.5. The van der Waals surface area contributed by atoms with Crippen molar-refractivity contribution in [1.29, 1.82) is 0 Å². The van der Waals surface area contributed by atoms with Crippen LogP contribution in [0.5, 0.6) is 0 Å². The Morgan fingerprint density at radius 1 is 1.33 bits per heavy atom. The number of nitrogens with zero attached hydrogens (tertiary/aromatic N) is 2. The number of oxime groups is 1. The van der Waals surface area contributed by atoms with E-state index in [0.29, 0.717) is 26.1 Å². The molecule has 1 saturated heterocycles. The zero-order valence-corrected chi connectivity index (χ0v) is 10.3. The van der Waals surface area contributed by atoms with Gasteiger partial charge in [0.15, 0.2) is 0 Å². The fourth-order valence-electron chi connectivity index (χ4n) is 2.51. The van der Waals surface area contributed by atoms with Gasteiger partial charge in [-0.2, -0.15) is 0 Å². The lowest BCUT2D eigenvalue weighted by atomic mass is 9.97. The Balaban J connectivity index is 1.93. The third-order valence-corrected chi connectivity index (χ3v) is 3.53. The Morgan fingerprint density at radius 3 is 2.72 bits per heavy atom. The van der Waals surface area contributed by atoms with Crippen LogP contribution in [0.2, 0.25) is 5.02 Å². The number of fused-ring (bicyclic) bond motifs is 1. The maximum absolute atomic E-state index is 13.8. The Morgan fingerprint density at radius 2 is 2.06 bits per heavy atom. The van der Waals surface area contributed by atoms with Gasteiger partial charge in [0, 0.05) is 29.5 Å². The average Bonchev–Trinajstić information content (AvgIpc) is 2.70. The van der Waals surface area contributed by atoms with Gasteiger partial charge in [0.05, 0.1) is 6.54 Å². The summed E-state index contributed by atoms with van der Waals surface area (Å²) in [6.07, 6.45) is 0.496. The van der Waals surface area contributed by atoms with Gasteiger partial charge in [0.2, 0.25) is 0 Å². The summed E-state index contributed by atoms with van der Waals surface area (Å²) in [6, 6.07) is 2.30. The molecule has 0 aromatic heterocycles. The molecule has 0 aliphatic carbocycles. The van der Waals surface area contributed by atoms with Gasteiger partial charge in [-0.3, -0.25) is 0 Å². The van der Waals surface area contributed by atoms with Crippen LogP contribution >= 0.6 is 11.6 Å². The molecule has 0 radical (unpaired) electrons. The zero-order chi connectivity index (χ0) is 12.7. The number of benzene rings is 1. The van der Waals surface area contributed by atoms with Crippen LogP contribution in [0, 0.1) is 11.6 Å². The highest BCUT2D eigenvalue weighted by Crippen LogP contribution is 2.34. The fourth-order valence-corrected chi connectivity index (χ4v) is 2.70. The van der Waals surface area contributed by atoms with Crippen LogP contribution in [0.3, 0.4) is 0 Å². The van der Waals surface area contributed by atoms with E-state index >= 15 is 0 Å². The molecule has 2 aliphatic rings. The quantitative estimate of drug-likeness (QED) is 0.785. The van der Waals surface area contributed by atoms with E-state index in [2.05, 4.69) is 5.16 Å². The lowest BCUT2D eigenvalue weighted by Crippen LogP contribution is -2.32. The highest BCUT2D eigenvalue weighted by molar-refractivity contribution is 6.30. The van der Waals surface area contributed by atoms with Gasteiger partial charge in [-0.15, -0.1) is 0 Å². The highest BCUT2D eigenvalue weighted by atomic mass is 35.5. The lowest BCUT2D eigenvalue weighted by Gasteiger charge is -2.21. The van der Waals surface area contributed by atoms with Gasteiger partial charge < -0.3 is 9.74 Å². The van der Waals surface area contributed by atoms with Gasteiger partial charge in [-0.05, 0) is 12.1 Å². The standard InChI is InChI=1S/C12H11ClF2N2O/c13-8-4-9(14)12(10(15)5-8)7-3-11-16-18-2-1-17(11)6-7/h4-5,7H,1-3,6H2. The predicted octanol–water partition coefficient (Wildman–Crippen LogP) is 2.75. The maximum atomic E-state index is 13.8. The Bertz CT molecular complexity index is 498. The van der Waals surface area contributed by atoms with Crippen molar-refractivity contribution in [3.8, 4) is 0 Å². The molecule has 0 N–H and O–H groups in total.